The van der Waals surface area contributed by atoms with Gasteiger partial charge in [-0.2, -0.15) is 0 Å². The molecule has 0 aromatic heterocycles. The van der Waals surface area contributed by atoms with E-state index in [1.165, 1.54) is 0 Å². The highest BCUT2D eigenvalue weighted by Crippen LogP contribution is 2.16. The fourth-order valence-electron chi connectivity index (χ4n) is 1.59. The van der Waals surface area contributed by atoms with Gasteiger partial charge < -0.3 is 14.7 Å². The SMILES string of the molecule is CCCC(=O)OCO/N=N\N1CCCC1CO. The van der Waals surface area contributed by atoms with Crippen LogP contribution in [0.3, 0.4) is 0 Å². The molecule has 1 aliphatic heterocycles. The van der Waals surface area contributed by atoms with Gasteiger partial charge in [0.1, 0.15) is 0 Å². The van der Waals surface area contributed by atoms with Gasteiger partial charge in [0.05, 0.1) is 12.6 Å². The summed E-state index contributed by atoms with van der Waals surface area (Å²) < 4.78 is 4.72. The van der Waals surface area contributed by atoms with Crippen LogP contribution in [0.4, 0.5) is 0 Å². The number of rotatable bonds is 7. The third-order valence-electron chi connectivity index (χ3n) is 2.49. The van der Waals surface area contributed by atoms with E-state index in [1.54, 1.807) is 5.01 Å². The van der Waals surface area contributed by atoms with E-state index < -0.39 is 0 Å². The Hall–Kier alpha value is -1.37. The lowest BCUT2D eigenvalue weighted by Gasteiger charge is -2.16. The maximum atomic E-state index is 10.9. The Morgan fingerprint density at radius 3 is 3.12 bits per heavy atom. The molecule has 1 aliphatic rings. The van der Waals surface area contributed by atoms with Gasteiger partial charge in [0.15, 0.2) is 0 Å². The monoisotopic (exact) mass is 245 g/mol. The summed E-state index contributed by atoms with van der Waals surface area (Å²) >= 11 is 0. The molecule has 0 bridgehead atoms. The molecule has 1 N–H and O–H groups in total. The number of hydrogen-bond donors (Lipinski definition) is 1. The van der Waals surface area contributed by atoms with Gasteiger partial charge in [-0.25, -0.2) is 0 Å². The summed E-state index contributed by atoms with van der Waals surface area (Å²) in [5.41, 5.74) is 0. The van der Waals surface area contributed by atoms with E-state index in [4.69, 9.17) is 14.7 Å². The molecule has 0 aliphatic carbocycles. The molecule has 1 rings (SSSR count). The van der Waals surface area contributed by atoms with E-state index >= 15 is 0 Å². The Bertz CT molecular complexity index is 260. The molecule has 0 amide bonds. The second-order valence-electron chi connectivity index (χ2n) is 3.83. The molecule has 0 aromatic rings. The highest BCUT2D eigenvalue weighted by Gasteiger charge is 2.22. The molecule has 1 unspecified atom stereocenters. The predicted molar refractivity (Wildman–Crippen MR) is 58.6 cm³/mol. The van der Waals surface area contributed by atoms with E-state index in [9.17, 15) is 4.79 Å². The minimum Gasteiger partial charge on any atom is -0.426 e. The maximum Gasteiger partial charge on any atom is 0.308 e. The molecule has 0 radical (unpaired) electrons. The van der Waals surface area contributed by atoms with Crippen molar-refractivity contribution in [3.05, 3.63) is 0 Å². The summed E-state index contributed by atoms with van der Waals surface area (Å²) in [6.07, 6.45) is 3.00. The van der Waals surface area contributed by atoms with Crippen molar-refractivity contribution in [2.24, 2.45) is 10.5 Å². The second-order valence-corrected chi connectivity index (χ2v) is 3.83. The van der Waals surface area contributed by atoms with Crippen molar-refractivity contribution >= 4 is 5.97 Å². The van der Waals surface area contributed by atoms with E-state index in [-0.39, 0.29) is 25.4 Å². The first-order chi connectivity index (χ1) is 8.27. The molecule has 1 atom stereocenters. The Morgan fingerprint density at radius 1 is 1.59 bits per heavy atom. The smallest absolute Gasteiger partial charge is 0.308 e. The van der Waals surface area contributed by atoms with Gasteiger partial charge in [-0.3, -0.25) is 9.80 Å². The largest absolute Gasteiger partial charge is 0.426 e. The van der Waals surface area contributed by atoms with E-state index in [1.807, 2.05) is 6.92 Å². The van der Waals surface area contributed by atoms with Crippen LogP contribution in [0.25, 0.3) is 0 Å². The maximum absolute atomic E-state index is 10.9. The topological polar surface area (TPSA) is 83.7 Å². The minimum absolute atomic E-state index is 0.0185. The predicted octanol–water partition coefficient (Wildman–Crippen LogP) is 1.04. The Kier molecular flexibility index (Phi) is 6.31. The summed E-state index contributed by atoms with van der Waals surface area (Å²) in [7, 11) is 0. The van der Waals surface area contributed by atoms with Crippen molar-refractivity contribution < 1.29 is 19.5 Å². The van der Waals surface area contributed by atoms with Crippen LogP contribution in [0.5, 0.6) is 0 Å². The summed E-state index contributed by atoms with van der Waals surface area (Å²) in [4.78, 5) is 15.6. The summed E-state index contributed by atoms with van der Waals surface area (Å²) in [6.45, 7) is 2.49. The molecule has 0 spiro atoms. The summed E-state index contributed by atoms with van der Waals surface area (Å²) in [5.74, 6) is -0.308. The highest BCUT2D eigenvalue weighted by molar-refractivity contribution is 5.69. The number of aliphatic hydroxyl groups is 1. The summed E-state index contributed by atoms with van der Waals surface area (Å²) in [6, 6.07) is 0.0185. The van der Waals surface area contributed by atoms with E-state index in [0.29, 0.717) is 6.42 Å². The normalized spacial score (nSPS) is 19.9. The molecule has 17 heavy (non-hydrogen) atoms. The molecule has 1 heterocycles. The standard InChI is InChI=1S/C10H19N3O4/c1-2-4-10(15)16-8-17-12-11-13-6-3-5-9(13)7-14/h9,14H,2-8H2,1H3/b12-11-. The molecule has 98 valence electrons. The number of carbonyl (C=O) groups excluding carboxylic acids is 1. The van der Waals surface area contributed by atoms with Crippen LogP contribution in [-0.4, -0.2) is 42.1 Å². The Morgan fingerprint density at radius 2 is 2.41 bits per heavy atom. The van der Waals surface area contributed by atoms with Crippen molar-refractivity contribution in [2.45, 2.75) is 38.6 Å². The lowest BCUT2D eigenvalue weighted by molar-refractivity contribution is -0.157. The number of esters is 1. The van der Waals surface area contributed by atoms with Crippen molar-refractivity contribution in [1.29, 1.82) is 0 Å². The number of ether oxygens (including phenoxy) is 1. The molecule has 7 nitrogen and oxygen atoms in total. The lowest BCUT2D eigenvalue weighted by Crippen LogP contribution is -2.26. The van der Waals surface area contributed by atoms with Crippen LogP contribution in [0.2, 0.25) is 0 Å². The van der Waals surface area contributed by atoms with Gasteiger partial charge in [0, 0.05) is 18.2 Å². The fraction of sp³-hybridized carbons (Fsp3) is 0.900. The molecule has 1 saturated heterocycles. The first-order valence-corrected chi connectivity index (χ1v) is 5.84. The van der Waals surface area contributed by atoms with Crippen LogP contribution in [0.1, 0.15) is 32.6 Å². The third kappa shape index (κ3) is 4.99. The van der Waals surface area contributed by atoms with Crippen molar-refractivity contribution in [2.75, 3.05) is 19.9 Å². The van der Waals surface area contributed by atoms with Crippen LogP contribution >= 0.6 is 0 Å². The summed E-state index contributed by atoms with van der Waals surface area (Å²) in [5, 5.41) is 17.9. The first-order valence-electron chi connectivity index (χ1n) is 5.84. The third-order valence-corrected chi connectivity index (χ3v) is 2.49. The molecule has 0 saturated carbocycles. The number of carbonyl (C=O) groups is 1. The van der Waals surface area contributed by atoms with Gasteiger partial charge in [0.25, 0.3) is 6.79 Å². The average Bonchev–Trinajstić information content (AvgIpc) is 2.76. The number of hydrogen-bond acceptors (Lipinski definition) is 6. The number of aliphatic hydroxyl groups excluding tert-OH is 1. The fourth-order valence-corrected chi connectivity index (χ4v) is 1.59. The first kappa shape index (κ1) is 13.7. The van der Waals surface area contributed by atoms with Crippen molar-refractivity contribution in [3.63, 3.8) is 0 Å². The Labute approximate surface area is 100 Å². The van der Waals surface area contributed by atoms with Gasteiger partial charge in [0.2, 0.25) is 0 Å². The molecular formula is C10H19N3O4. The van der Waals surface area contributed by atoms with Gasteiger partial charge >= 0.3 is 5.97 Å². The minimum atomic E-state index is -0.308. The molecule has 0 aromatic carbocycles. The van der Waals surface area contributed by atoms with E-state index in [0.717, 1.165) is 25.8 Å². The van der Waals surface area contributed by atoms with Gasteiger partial charge in [-0.05, 0) is 24.5 Å². The number of nitrogens with zero attached hydrogens (tertiary/aromatic N) is 3. The zero-order chi connectivity index (χ0) is 12.5. The lowest BCUT2D eigenvalue weighted by atomic mass is 10.2. The van der Waals surface area contributed by atoms with Gasteiger partial charge in [-0.1, -0.05) is 6.92 Å². The van der Waals surface area contributed by atoms with Crippen molar-refractivity contribution in [3.8, 4) is 0 Å². The van der Waals surface area contributed by atoms with Crippen LogP contribution < -0.4 is 0 Å². The molecular weight excluding hydrogens is 226 g/mol. The van der Waals surface area contributed by atoms with Crippen LogP contribution in [0, 0.1) is 0 Å². The van der Waals surface area contributed by atoms with Gasteiger partial charge in [-0.15, -0.1) is 0 Å². The van der Waals surface area contributed by atoms with Crippen molar-refractivity contribution in [1.82, 2.24) is 5.01 Å². The zero-order valence-electron chi connectivity index (χ0n) is 10.0. The quantitative estimate of drug-likeness (QED) is 0.238. The Balaban J connectivity index is 2.11. The zero-order valence-corrected chi connectivity index (χ0v) is 10.0. The molecule has 7 heteroatoms. The molecule has 1 fully saturated rings. The van der Waals surface area contributed by atoms with E-state index in [2.05, 4.69) is 10.5 Å². The average molecular weight is 245 g/mol. The van der Waals surface area contributed by atoms with Crippen LogP contribution in [-0.2, 0) is 14.4 Å². The van der Waals surface area contributed by atoms with Crippen LogP contribution in [0.15, 0.2) is 10.5 Å². The second kappa shape index (κ2) is 7.83. The highest BCUT2D eigenvalue weighted by atomic mass is 16.8.